The minimum absolute atomic E-state index is 0.104. The average molecular weight is 741 g/mol. The van der Waals surface area contributed by atoms with Crippen LogP contribution in [0, 0.1) is 5.92 Å². The van der Waals surface area contributed by atoms with Crippen LogP contribution in [0.3, 0.4) is 0 Å². The van der Waals surface area contributed by atoms with Crippen LogP contribution < -0.4 is 0 Å². The number of phosphoric ester groups is 1. The smallest absolute Gasteiger partial charge is 0.462 e. The zero-order valence-electron chi connectivity index (χ0n) is 32.3. The predicted molar refractivity (Wildman–Crippen MR) is 208 cm³/mol. The fourth-order valence-electron chi connectivity index (χ4n) is 5.34. The molecule has 51 heavy (non-hydrogen) atoms. The zero-order chi connectivity index (χ0) is 37.8. The second-order valence-electron chi connectivity index (χ2n) is 13.9. The van der Waals surface area contributed by atoms with Crippen LogP contribution in [-0.4, -0.2) is 52.3 Å². The fourth-order valence-corrected chi connectivity index (χ4v) is 5.70. The molecule has 3 N–H and O–H groups in total. The summed E-state index contributed by atoms with van der Waals surface area (Å²) in [6.07, 6.45) is 37.3. The van der Waals surface area contributed by atoms with E-state index < -0.39 is 38.6 Å². The van der Waals surface area contributed by atoms with Gasteiger partial charge in [0.15, 0.2) is 6.10 Å². The number of aliphatic hydroxyl groups is 1. The number of allylic oxidation sites excluding steroid dienone is 6. The highest BCUT2D eigenvalue weighted by Gasteiger charge is 2.22. The molecule has 0 saturated carbocycles. The van der Waals surface area contributed by atoms with E-state index in [1.807, 2.05) is 36.5 Å². The molecule has 0 aromatic carbocycles. The Bertz CT molecular complexity index is 999. The van der Waals surface area contributed by atoms with Crippen LogP contribution in [0.1, 0.15) is 168 Å². The van der Waals surface area contributed by atoms with Crippen molar-refractivity contribution >= 4 is 19.8 Å². The average Bonchev–Trinajstić information content (AvgIpc) is 3.07. The van der Waals surface area contributed by atoms with Crippen molar-refractivity contribution in [1.29, 1.82) is 0 Å². The summed E-state index contributed by atoms with van der Waals surface area (Å²) >= 11 is 0. The van der Waals surface area contributed by atoms with Gasteiger partial charge in [-0.05, 0) is 50.9 Å². The Morgan fingerprint density at radius 3 is 1.88 bits per heavy atom. The third-order valence-corrected chi connectivity index (χ3v) is 8.84. The Balaban J connectivity index is 4.12. The van der Waals surface area contributed by atoms with Crippen molar-refractivity contribution in [1.82, 2.24) is 0 Å². The fraction of sp³-hybridized carbons (Fsp3) is 0.756. The van der Waals surface area contributed by atoms with E-state index in [1.54, 1.807) is 6.08 Å². The highest BCUT2D eigenvalue weighted by atomic mass is 31.2. The normalized spacial score (nSPS) is 13.7. The maximum Gasteiger partial charge on any atom is 0.469 e. The van der Waals surface area contributed by atoms with Crippen molar-refractivity contribution in [2.45, 2.75) is 181 Å². The summed E-state index contributed by atoms with van der Waals surface area (Å²) in [5, 5.41) is 9.99. The van der Waals surface area contributed by atoms with Gasteiger partial charge in [0.25, 0.3) is 0 Å². The van der Waals surface area contributed by atoms with Gasteiger partial charge < -0.3 is 24.4 Å². The van der Waals surface area contributed by atoms with Gasteiger partial charge in [-0.15, -0.1) is 0 Å². The maximum atomic E-state index is 12.4. The second-order valence-corrected chi connectivity index (χ2v) is 15.2. The van der Waals surface area contributed by atoms with Crippen molar-refractivity contribution in [2.75, 3.05) is 13.2 Å². The van der Waals surface area contributed by atoms with E-state index in [1.165, 1.54) is 77.0 Å². The van der Waals surface area contributed by atoms with Gasteiger partial charge in [0.1, 0.15) is 6.61 Å². The number of hydrogen-bond donors (Lipinski definition) is 3. The molecule has 0 unspecified atom stereocenters. The number of aliphatic hydroxyl groups excluding tert-OH is 1. The number of ether oxygens (including phenoxy) is 2. The van der Waals surface area contributed by atoms with Gasteiger partial charge in [0.05, 0.1) is 12.7 Å². The quantitative estimate of drug-likeness (QED) is 0.0190. The van der Waals surface area contributed by atoms with Crippen molar-refractivity contribution in [2.24, 2.45) is 5.92 Å². The lowest BCUT2D eigenvalue weighted by Crippen LogP contribution is -2.29. The number of esters is 2. The third-order valence-electron chi connectivity index (χ3n) is 8.36. The van der Waals surface area contributed by atoms with Crippen LogP contribution in [0.25, 0.3) is 0 Å². The number of phosphoric acid groups is 1. The Hall–Kier alpha value is -2.03. The zero-order valence-corrected chi connectivity index (χ0v) is 33.2. The van der Waals surface area contributed by atoms with Gasteiger partial charge in [-0.3, -0.25) is 14.1 Å². The molecule has 296 valence electrons. The molecule has 0 fully saturated rings. The molecule has 0 radical (unpaired) electrons. The number of carbonyl (C=O) groups is 2. The van der Waals surface area contributed by atoms with E-state index in [4.69, 9.17) is 19.3 Å². The van der Waals surface area contributed by atoms with E-state index in [-0.39, 0.29) is 19.4 Å². The molecule has 0 aromatic rings. The van der Waals surface area contributed by atoms with Gasteiger partial charge in [-0.25, -0.2) is 4.57 Å². The first-order valence-corrected chi connectivity index (χ1v) is 21.4. The minimum Gasteiger partial charge on any atom is -0.462 e. The standard InChI is InChI=1S/C41H73O9P/c1-4-5-6-7-21-26-31-38(42)32-27-22-17-14-15-19-24-29-34-41(44)50-39(36-49-51(45,46)47)35-48-40(43)33-28-23-18-13-11-9-8-10-12-16-20-25-30-37(2)3/h15,17,19,21-22,26-27,32,37-39,42H,4-14,16,18,20,23-25,28-31,33-36H2,1-3H3,(H2,45,46,47)/b19-15-,22-17-,26-21-,32-27+/t38-,39+/m0/s1. The molecule has 0 saturated heterocycles. The first-order valence-electron chi connectivity index (χ1n) is 19.9. The van der Waals surface area contributed by atoms with Crippen molar-refractivity contribution in [3.63, 3.8) is 0 Å². The van der Waals surface area contributed by atoms with E-state index in [0.29, 0.717) is 32.1 Å². The van der Waals surface area contributed by atoms with Crippen LogP contribution >= 0.6 is 7.82 Å². The summed E-state index contributed by atoms with van der Waals surface area (Å²) in [5.41, 5.74) is 0. The minimum atomic E-state index is -4.78. The summed E-state index contributed by atoms with van der Waals surface area (Å²) in [6, 6.07) is 0. The largest absolute Gasteiger partial charge is 0.469 e. The molecule has 0 rings (SSSR count). The second kappa shape index (κ2) is 35.0. The molecular weight excluding hydrogens is 667 g/mol. The number of hydrogen-bond acceptors (Lipinski definition) is 7. The van der Waals surface area contributed by atoms with Gasteiger partial charge >= 0.3 is 19.8 Å². The highest BCUT2D eigenvalue weighted by molar-refractivity contribution is 7.46. The Labute approximate surface area is 310 Å². The topological polar surface area (TPSA) is 140 Å². The SMILES string of the molecule is CCCCC/C=C\C[C@H](O)/C=C/C=C\C/C=C\CCCC(=O)O[C@H](COC(=O)CCCCCCCCCCCCCCC(C)C)COP(=O)(O)O. The maximum absolute atomic E-state index is 12.4. The number of rotatable bonds is 35. The lowest BCUT2D eigenvalue weighted by atomic mass is 10.0. The van der Waals surface area contributed by atoms with Gasteiger partial charge in [-0.2, -0.15) is 0 Å². The number of carbonyl (C=O) groups excluding carboxylic acids is 2. The lowest BCUT2D eigenvalue weighted by Gasteiger charge is -2.18. The molecule has 0 aliphatic rings. The highest BCUT2D eigenvalue weighted by Crippen LogP contribution is 2.36. The molecule has 0 aliphatic heterocycles. The Morgan fingerprint density at radius 2 is 1.25 bits per heavy atom. The Kier molecular flexibility index (Phi) is 33.6. The molecule has 2 atom stereocenters. The van der Waals surface area contributed by atoms with E-state index in [0.717, 1.165) is 31.6 Å². The predicted octanol–water partition coefficient (Wildman–Crippen LogP) is 10.8. The van der Waals surface area contributed by atoms with E-state index in [2.05, 4.69) is 31.4 Å². The molecule has 9 nitrogen and oxygen atoms in total. The summed E-state index contributed by atoms with van der Waals surface area (Å²) in [6.45, 7) is 5.86. The van der Waals surface area contributed by atoms with Crippen LogP contribution in [0.5, 0.6) is 0 Å². The lowest BCUT2D eigenvalue weighted by molar-refractivity contribution is -0.161. The van der Waals surface area contributed by atoms with Gasteiger partial charge in [-0.1, -0.05) is 159 Å². The molecule has 10 heteroatoms. The van der Waals surface area contributed by atoms with Crippen LogP contribution in [0.15, 0.2) is 48.6 Å². The molecule has 0 amide bonds. The van der Waals surface area contributed by atoms with Crippen molar-refractivity contribution < 1.29 is 43.0 Å². The summed E-state index contributed by atoms with van der Waals surface area (Å²) in [4.78, 5) is 42.7. The molecule has 0 spiro atoms. The van der Waals surface area contributed by atoms with E-state index in [9.17, 15) is 19.3 Å². The van der Waals surface area contributed by atoms with Crippen LogP contribution in [0.4, 0.5) is 0 Å². The molecule has 0 heterocycles. The van der Waals surface area contributed by atoms with Crippen LogP contribution in [-0.2, 0) is 28.2 Å². The third kappa shape index (κ3) is 39.0. The van der Waals surface area contributed by atoms with Gasteiger partial charge in [0.2, 0.25) is 0 Å². The monoisotopic (exact) mass is 740 g/mol. The first-order chi connectivity index (χ1) is 24.5. The number of unbranched alkanes of at least 4 members (excludes halogenated alkanes) is 15. The molecule has 0 aliphatic carbocycles. The molecular formula is C41H73O9P. The van der Waals surface area contributed by atoms with Crippen molar-refractivity contribution in [3.05, 3.63) is 48.6 Å². The summed E-state index contributed by atoms with van der Waals surface area (Å²) in [5.74, 6) is -0.178. The van der Waals surface area contributed by atoms with Crippen LogP contribution in [0.2, 0.25) is 0 Å². The van der Waals surface area contributed by atoms with Crippen molar-refractivity contribution in [3.8, 4) is 0 Å². The van der Waals surface area contributed by atoms with E-state index >= 15 is 0 Å². The molecule has 0 bridgehead atoms. The summed E-state index contributed by atoms with van der Waals surface area (Å²) in [7, 11) is -4.78. The Morgan fingerprint density at radius 1 is 0.667 bits per heavy atom. The first kappa shape index (κ1) is 49.0. The van der Waals surface area contributed by atoms with Gasteiger partial charge in [0, 0.05) is 12.8 Å². The molecule has 0 aromatic heterocycles. The summed E-state index contributed by atoms with van der Waals surface area (Å²) < 4.78 is 26.3.